The molecule has 2 rings (SSSR count). The maximum atomic E-state index is 13.1. The van der Waals surface area contributed by atoms with E-state index >= 15 is 0 Å². The van der Waals surface area contributed by atoms with E-state index in [4.69, 9.17) is 5.26 Å². The van der Waals surface area contributed by atoms with Gasteiger partial charge in [0.05, 0.1) is 6.20 Å². The number of hydrogen-bond acceptors (Lipinski definition) is 2. The van der Waals surface area contributed by atoms with E-state index in [9.17, 15) is 4.39 Å². The minimum Gasteiger partial charge on any atom is -0.288 e. The standard InChI is InChI=1S/C9H6FN3/c1-6-2-9-12-4-7(3-11)13(9)5-8(6)10/h2,4-5H,1H3. The Morgan fingerprint density at radius 2 is 2.38 bits per heavy atom. The van der Waals surface area contributed by atoms with Gasteiger partial charge in [-0.05, 0) is 18.6 Å². The van der Waals surface area contributed by atoms with Crippen LogP contribution in [0, 0.1) is 24.1 Å². The summed E-state index contributed by atoms with van der Waals surface area (Å²) in [6.07, 6.45) is 2.70. The van der Waals surface area contributed by atoms with Crippen molar-refractivity contribution in [3.8, 4) is 6.07 Å². The Kier molecular flexibility index (Phi) is 1.52. The lowest BCUT2D eigenvalue weighted by molar-refractivity contribution is 0.609. The molecular weight excluding hydrogens is 169 g/mol. The van der Waals surface area contributed by atoms with Crippen molar-refractivity contribution >= 4 is 5.65 Å². The molecule has 0 aromatic carbocycles. The van der Waals surface area contributed by atoms with Gasteiger partial charge >= 0.3 is 0 Å². The predicted molar refractivity (Wildman–Crippen MR) is 44.6 cm³/mol. The number of fused-ring (bicyclic) bond motifs is 1. The fraction of sp³-hybridized carbons (Fsp3) is 0.111. The molecule has 2 heterocycles. The highest BCUT2D eigenvalue weighted by Crippen LogP contribution is 2.11. The molecule has 64 valence electrons. The van der Waals surface area contributed by atoms with Gasteiger partial charge in [-0.15, -0.1) is 0 Å². The fourth-order valence-electron chi connectivity index (χ4n) is 1.18. The lowest BCUT2D eigenvalue weighted by Crippen LogP contribution is -1.92. The van der Waals surface area contributed by atoms with Gasteiger partial charge in [-0.1, -0.05) is 0 Å². The van der Waals surface area contributed by atoms with E-state index in [1.54, 1.807) is 13.0 Å². The molecule has 0 aliphatic rings. The summed E-state index contributed by atoms with van der Waals surface area (Å²) in [4.78, 5) is 3.97. The highest BCUT2D eigenvalue weighted by atomic mass is 19.1. The van der Waals surface area contributed by atoms with Crippen LogP contribution in [0.4, 0.5) is 4.39 Å². The first-order valence-corrected chi connectivity index (χ1v) is 3.75. The number of halogens is 1. The van der Waals surface area contributed by atoms with E-state index in [-0.39, 0.29) is 5.82 Å². The number of nitriles is 1. The molecule has 0 unspecified atom stereocenters. The van der Waals surface area contributed by atoms with Crippen LogP contribution in [-0.2, 0) is 0 Å². The summed E-state index contributed by atoms with van der Waals surface area (Å²) < 4.78 is 14.5. The second kappa shape index (κ2) is 2.56. The molecule has 2 aromatic rings. The Labute approximate surface area is 74.1 Å². The molecule has 0 radical (unpaired) electrons. The smallest absolute Gasteiger partial charge is 0.144 e. The van der Waals surface area contributed by atoms with Crippen molar-refractivity contribution in [2.24, 2.45) is 0 Å². The maximum Gasteiger partial charge on any atom is 0.144 e. The van der Waals surface area contributed by atoms with E-state index in [1.165, 1.54) is 16.8 Å². The minimum absolute atomic E-state index is 0.331. The normalized spacial score (nSPS) is 10.2. The topological polar surface area (TPSA) is 41.1 Å². The highest BCUT2D eigenvalue weighted by molar-refractivity contribution is 5.45. The molecule has 0 aliphatic carbocycles. The maximum absolute atomic E-state index is 13.1. The number of aromatic nitrogens is 2. The zero-order chi connectivity index (χ0) is 9.42. The number of imidazole rings is 1. The third-order valence-corrected chi connectivity index (χ3v) is 1.90. The number of hydrogen-bond donors (Lipinski definition) is 0. The Bertz CT molecular complexity index is 507. The molecule has 2 aromatic heterocycles. The summed E-state index contributed by atoms with van der Waals surface area (Å²) >= 11 is 0. The second-order valence-corrected chi connectivity index (χ2v) is 2.79. The monoisotopic (exact) mass is 175 g/mol. The van der Waals surface area contributed by atoms with Crippen LogP contribution in [0.15, 0.2) is 18.5 Å². The van der Waals surface area contributed by atoms with Gasteiger partial charge in [0, 0.05) is 6.20 Å². The van der Waals surface area contributed by atoms with Gasteiger partial charge in [0.2, 0.25) is 0 Å². The van der Waals surface area contributed by atoms with E-state index in [0.717, 1.165) is 0 Å². The van der Waals surface area contributed by atoms with Crippen molar-refractivity contribution in [3.63, 3.8) is 0 Å². The first kappa shape index (κ1) is 7.74. The molecule has 0 fully saturated rings. The third-order valence-electron chi connectivity index (χ3n) is 1.90. The Morgan fingerprint density at radius 3 is 3.08 bits per heavy atom. The van der Waals surface area contributed by atoms with E-state index in [0.29, 0.717) is 16.9 Å². The van der Waals surface area contributed by atoms with Crippen molar-refractivity contribution in [1.82, 2.24) is 9.38 Å². The molecule has 0 aliphatic heterocycles. The van der Waals surface area contributed by atoms with Crippen molar-refractivity contribution in [3.05, 3.63) is 35.5 Å². The zero-order valence-corrected chi connectivity index (χ0v) is 6.95. The Balaban J connectivity index is 2.86. The van der Waals surface area contributed by atoms with Gasteiger partial charge in [0.15, 0.2) is 0 Å². The van der Waals surface area contributed by atoms with Gasteiger partial charge in [0.25, 0.3) is 0 Å². The molecular formula is C9H6FN3. The van der Waals surface area contributed by atoms with Gasteiger partial charge < -0.3 is 0 Å². The first-order chi connectivity index (χ1) is 6.22. The van der Waals surface area contributed by atoms with Crippen LogP contribution in [0.5, 0.6) is 0 Å². The molecule has 0 amide bonds. The SMILES string of the molecule is Cc1cc2ncc(C#N)n2cc1F. The van der Waals surface area contributed by atoms with Crippen molar-refractivity contribution in [2.45, 2.75) is 6.92 Å². The Hall–Kier alpha value is -1.89. The molecule has 0 saturated heterocycles. The van der Waals surface area contributed by atoms with E-state index in [2.05, 4.69) is 4.98 Å². The number of rotatable bonds is 0. The largest absolute Gasteiger partial charge is 0.288 e. The third kappa shape index (κ3) is 1.05. The Morgan fingerprint density at radius 1 is 1.62 bits per heavy atom. The zero-order valence-electron chi connectivity index (χ0n) is 6.95. The summed E-state index contributed by atoms with van der Waals surface area (Å²) in [5.74, 6) is -0.331. The van der Waals surface area contributed by atoms with Crippen LogP contribution >= 0.6 is 0 Å². The molecule has 0 spiro atoms. The van der Waals surface area contributed by atoms with Crippen molar-refractivity contribution < 1.29 is 4.39 Å². The average Bonchev–Trinajstić information content (AvgIpc) is 2.48. The van der Waals surface area contributed by atoms with Crippen molar-refractivity contribution in [2.75, 3.05) is 0 Å². The molecule has 0 N–H and O–H groups in total. The minimum atomic E-state index is -0.331. The molecule has 13 heavy (non-hydrogen) atoms. The second-order valence-electron chi connectivity index (χ2n) is 2.79. The highest BCUT2D eigenvalue weighted by Gasteiger charge is 2.05. The van der Waals surface area contributed by atoms with Crippen molar-refractivity contribution in [1.29, 1.82) is 5.26 Å². The quantitative estimate of drug-likeness (QED) is 0.610. The number of aryl methyl sites for hydroxylation is 1. The summed E-state index contributed by atoms with van der Waals surface area (Å²) in [5.41, 5.74) is 1.46. The lowest BCUT2D eigenvalue weighted by Gasteiger charge is -1.98. The molecule has 0 bridgehead atoms. The van der Waals surface area contributed by atoms with E-state index < -0.39 is 0 Å². The van der Waals surface area contributed by atoms with Crippen LogP contribution in [-0.4, -0.2) is 9.38 Å². The van der Waals surface area contributed by atoms with E-state index in [1.807, 2.05) is 6.07 Å². The molecule has 0 atom stereocenters. The average molecular weight is 175 g/mol. The number of pyridine rings is 1. The van der Waals surface area contributed by atoms with Gasteiger partial charge in [-0.25, -0.2) is 9.37 Å². The van der Waals surface area contributed by atoms with Crippen LogP contribution in [0.1, 0.15) is 11.3 Å². The van der Waals surface area contributed by atoms with Crippen LogP contribution in [0.2, 0.25) is 0 Å². The summed E-state index contributed by atoms with van der Waals surface area (Å²) in [5, 5.41) is 8.65. The van der Waals surface area contributed by atoms with Crippen LogP contribution < -0.4 is 0 Å². The molecule has 0 saturated carbocycles. The molecule has 4 heteroatoms. The molecule has 3 nitrogen and oxygen atoms in total. The fourth-order valence-corrected chi connectivity index (χ4v) is 1.18. The number of nitrogens with zero attached hydrogens (tertiary/aromatic N) is 3. The van der Waals surface area contributed by atoms with Gasteiger partial charge in [-0.3, -0.25) is 4.40 Å². The first-order valence-electron chi connectivity index (χ1n) is 3.75. The summed E-state index contributed by atoms with van der Waals surface area (Å²) in [6, 6.07) is 3.54. The summed E-state index contributed by atoms with van der Waals surface area (Å²) in [7, 11) is 0. The summed E-state index contributed by atoms with van der Waals surface area (Å²) in [6.45, 7) is 1.66. The van der Waals surface area contributed by atoms with Gasteiger partial charge in [0.1, 0.15) is 23.2 Å². The van der Waals surface area contributed by atoms with Crippen LogP contribution in [0.25, 0.3) is 5.65 Å². The van der Waals surface area contributed by atoms with Crippen LogP contribution in [0.3, 0.4) is 0 Å². The predicted octanol–water partition coefficient (Wildman–Crippen LogP) is 1.65. The lowest BCUT2D eigenvalue weighted by atomic mass is 10.3. The van der Waals surface area contributed by atoms with Gasteiger partial charge in [-0.2, -0.15) is 5.26 Å².